The van der Waals surface area contributed by atoms with Gasteiger partial charge in [-0.25, -0.2) is 0 Å². The Morgan fingerprint density at radius 1 is 1.23 bits per heavy atom. The van der Waals surface area contributed by atoms with Gasteiger partial charge in [0.25, 0.3) is 5.56 Å². The molecule has 0 spiro atoms. The molecule has 0 fully saturated rings. The van der Waals surface area contributed by atoms with E-state index in [0.29, 0.717) is 39.9 Å². The predicted octanol–water partition coefficient (Wildman–Crippen LogP) is 4.09. The number of benzene rings is 2. The topological polar surface area (TPSA) is 90.3 Å². The number of para-hydroxylation sites is 1. The minimum atomic E-state index is -0.723. The second-order valence-electron chi connectivity index (χ2n) is 7.21. The molecule has 156 valence electrons. The first-order valence-corrected chi connectivity index (χ1v) is 10.0. The van der Waals surface area contributed by atoms with Gasteiger partial charge in [0.15, 0.2) is 0 Å². The molecule has 6 nitrogen and oxygen atoms in total. The van der Waals surface area contributed by atoms with E-state index in [0.717, 1.165) is 5.56 Å². The number of hydrogen-bond donors (Lipinski definition) is 1. The molecule has 0 radical (unpaired) electrons. The summed E-state index contributed by atoms with van der Waals surface area (Å²) in [6.45, 7) is 2.13. The van der Waals surface area contributed by atoms with Crippen LogP contribution in [0, 0.1) is 18.3 Å². The zero-order chi connectivity index (χ0) is 22.1. The van der Waals surface area contributed by atoms with Gasteiger partial charge in [-0.15, -0.1) is 0 Å². The van der Waals surface area contributed by atoms with Gasteiger partial charge in [0.1, 0.15) is 23.1 Å². The van der Waals surface area contributed by atoms with Gasteiger partial charge in [-0.3, -0.25) is 4.79 Å². The van der Waals surface area contributed by atoms with E-state index in [-0.39, 0.29) is 17.0 Å². The van der Waals surface area contributed by atoms with Crippen molar-refractivity contribution in [3.63, 3.8) is 0 Å². The zero-order valence-electron chi connectivity index (χ0n) is 17.1. The number of nitrogens with two attached hydrogens (primary N) is 1. The van der Waals surface area contributed by atoms with Crippen LogP contribution in [0.15, 0.2) is 70.8 Å². The molecule has 1 aliphatic rings. The first-order chi connectivity index (χ1) is 15.0. The van der Waals surface area contributed by atoms with E-state index in [1.165, 1.54) is 0 Å². The maximum Gasteiger partial charge on any atom is 0.259 e. The number of halogens is 1. The fraction of sp³-hybridized carbons (Fsp3) is 0.167. The quantitative estimate of drug-likeness (QED) is 0.669. The summed E-state index contributed by atoms with van der Waals surface area (Å²) in [5, 5.41) is 10.2. The smallest absolute Gasteiger partial charge is 0.259 e. The molecule has 7 heteroatoms. The molecule has 0 saturated carbocycles. The lowest BCUT2D eigenvalue weighted by Gasteiger charge is -2.28. The Kier molecular flexibility index (Phi) is 5.45. The van der Waals surface area contributed by atoms with Crippen LogP contribution in [0.4, 0.5) is 0 Å². The number of fused-ring (bicyclic) bond motifs is 1. The van der Waals surface area contributed by atoms with E-state index in [2.05, 4.69) is 6.07 Å². The average Bonchev–Trinajstić information content (AvgIpc) is 2.76. The summed E-state index contributed by atoms with van der Waals surface area (Å²) >= 11 is 6.45. The molecule has 2 heterocycles. The number of aromatic nitrogens is 1. The molecule has 2 aromatic carbocycles. The molecule has 1 aliphatic heterocycles. The van der Waals surface area contributed by atoms with Crippen molar-refractivity contribution in [2.75, 3.05) is 7.11 Å². The van der Waals surface area contributed by atoms with E-state index < -0.39 is 5.92 Å². The lowest BCUT2D eigenvalue weighted by Crippen LogP contribution is -2.33. The highest BCUT2D eigenvalue weighted by Crippen LogP contribution is 2.42. The van der Waals surface area contributed by atoms with Gasteiger partial charge >= 0.3 is 0 Å². The van der Waals surface area contributed by atoms with Crippen LogP contribution >= 0.6 is 11.6 Å². The van der Waals surface area contributed by atoms with Gasteiger partial charge in [-0.2, -0.15) is 5.26 Å². The number of nitrogens with zero attached hydrogens (tertiary/aromatic N) is 2. The molecule has 0 saturated heterocycles. The Morgan fingerprint density at radius 2 is 1.94 bits per heavy atom. The van der Waals surface area contributed by atoms with Crippen molar-refractivity contribution in [1.82, 2.24) is 4.57 Å². The zero-order valence-corrected chi connectivity index (χ0v) is 17.8. The molecule has 3 aromatic rings. The van der Waals surface area contributed by atoms with Crippen LogP contribution in [0.3, 0.4) is 0 Å². The third-order valence-corrected chi connectivity index (χ3v) is 5.77. The summed E-state index contributed by atoms with van der Waals surface area (Å²) in [6, 6.07) is 18.5. The Labute approximate surface area is 184 Å². The van der Waals surface area contributed by atoms with Crippen LogP contribution in [0.1, 0.15) is 28.3 Å². The van der Waals surface area contributed by atoms with Gasteiger partial charge in [-0.1, -0.05) is 48.0 Å². The van der Waals surface area contributed by atoms with Crippen LogP contribution < -0.4 is 20.8 Å². The van der Waals surface area contributed by atoms with Crippen LogP contribution in [0.2, 0.25) is 5.02 Å². The van der Waals surface area contributed by atoms with Crippen molar-refractivity contribution in [3.8, 4) is 17.6 Å². The molecule has 0 bridgehead atoms. The standard InChI is InChI=1S/C24H20ClN3O3/c1-14-11-20-22(24(29)28(14)13-15-7-3-6-10-19(15)30-2)21(17(12-26)23(27)31-20)16-8-4-5-9-18(16)25/h3-11,21H,13,27H2,1-2H3/t21-/m1/s1. The molecule has 0 aliphatic carbocycles. The van der Waals surface area contributed by atoms with E-state index in [1.54, 1.807) is 35.9 Å². The molecular formula is C24H20ClN3O3. The lowest BCUT2D eigenvalue weighted by atomic mass is 9.84. The number of hydrogen-bond acceptors (Lipinski definition) is 5. The summed E-state index contributed by atoms with van der Waals surface area (Å²) in [5.74, 6) is 0.271. The third-order valence-electron chi connectivity index (χ3n) is 5.43. The van der Waals surface area contributed by atoms with Crippen molar-refractivity contribution in [3.05, 3.63) is 104 Å². The van der Waals surface area contributed by atoms with Crippen LogP contribution in [-0.4, -0.2) is 11.7 Å². The monoisotopic (exact) mass is 433 g/mol. The van der Waals surface area contributed by atoms with E-state index >= 15 is 0 Å². The summed E-state index contributed by atoms with van der Waals surface area (Å²) in [7, 11) is 1.59. The van der Waals surface area contributed by atoms with E-state index in [9.17, 15) is 10.1 Å². The normalized spacial score (nSPS) is 15.1. The maximum atomic E-state index is 13.7. The van der Waals surface area contributed by atoms with Gasteiger partial charge in [0.2, 0.25) is 5.88 Å². The minimum Gasteiger partial charge on any atom is -0.496 e. The van der Waals surface area contributed by atoms with Gasteiger partial charge in [-0.05, 0) is 24.6 Å². The Hall–Kier alpha value is -3.69. The van der Waals surface area contributed by atoms with Crippen molar-refractivity contribution in [2.24, 2.45) is 5.73 Å². The fourth-order valence-corrected chi connectivity index (χ4v) is 4.15. The largest absolute Gasteiger partial charge is 0.496 e. The number of allylic oxidation sites excluding steroid dienone is 1. The number of aryl methyl sites for hydroxylation is 1. The summed E-state index contributed by atoms with van der Waals surface area (Å²) in [4.78, 5) is 13.7. The second-order valence-corrected chi connectivity index (χ2v) is 7.62. The summed E-state index contributed by atoms with van der Waals surface area (Å²) < 4.78 is 12.8. The summed E-state index contributed by atoms with van der Waals surface area (Å²) in [6.07, 6.45) is 0. The van der Waals surface area contributed by atoms with Crippen molar-refractivity contribution >= 4 is 11.6 Å². The Bertz CT molecular complexity index is 1300. The number of methoxy groups -OCH3 is 1. The third kappa shape index (κ3) is 3.54. The molecule has 31 heavy (non-hydrogen) atoms. The number of rotatable bonds is 4. The van der Waals surface area contributed by atoms with Crippen LogP contribution in [0.25, 0.3) is 0 Å². The first-order valence-electron chi connectivity index (χ1n) is 9.64. The SMILES string of the molecule is COc1ccccc1Cn1c(C)cc2c(c1=O)[C@H](c1ccccc1Cl)C(C#N)=C(N)O2. The second kappa shape index (κ2) is 8.21. The molecule has 0 amide bonds. The minimum absolute atomic E-state index is 0.0267. The first kappa shape index (κ1) is 20.6. The van der Waals surface area contributed by atoms with E-state index in [1.807, 2.05) is 37.3 Å². The van der Waals surface area contributed by atoms with Gasteiger partial charge in [0, 0.05) is 22.3 Å². The highest BCUT2D eigenvalue weighted by atomic mass is 35.5. The highest BCUT2D eigenvalue weighted by Gasteiger charge is 2.35. The molecule has 4 rings (SSSR count). The average molecular weight is 434 g/mol. The molecule has 1 aromatic heterocycles. The van der Waals surface area contributed by atoms with Crippen molar-refractivity contribution in [1.29, 1.82) is 5.26 Å². The van der Waals surface area contributed by atoms with Crippen LogP contribution in [0.5, 0.6) is 11.5 Å². The lowest BCUT2D eigenvalue weighted by molar-refractivity contribution is 0.388. The fourth-order valence-electron chi connectivity index (χ4n) is 3.91. The number of pyridine rings is 1. The van der Waals surface area contributed by atoms with E-state index in [4.69, 9.17) is 26.8 Å². The van der Waals surface area contributed by atoms with Gasteiger partial charge < -0.3 is 19.8 Å². The molecule has 2 N–H and O–H groups in total. The number of nitriles is 1. The van der Waals surface area contributed by atoms with Crippen molar-refractivity contribution < 1.29 is 9.47 Å². The maximum absolute atomic E-state index is 13.7. The predicted molar refractivity (Wildman–Crippen MR) is 118 cm³/mol. The Balaban J connectivity index is 1.95. The molecule has 1 atom stereocenters. The highest BCUT2D eigenvalue weighted by molar-refractivity contribution is 6.31. The van der Waals surface area contributed by atoms with Gasteiger partial charge in [0.05, 0.1) is 25.1 Å². The molecular weight excluding hydrogens is 414 g/mol. The van der Waals surface area contributed by atoms with Crippen LogP contribution in [-0.2, 0) is 6.54 Å². The summed E-state index contributed by atoms with van der Waals surface area (Å²) in [5.41, 5.74) is 8.44. The van der Waals surface area contributed by atoms with Crippen molar-refractivity contribution in [2.45, 2.75) is 19.4 Å². The Morgan fingerprint density at radius 3 is 2.65 bits per heavy atom. The number of ether oxygens (including phenoxy) is 2. The molecule has 0 unspecified atom stereocenters.